The van der Waals surface area contributed by atoms with Gasteiger partial charge in [0.05, 0.1) is 25.3 Å². The number of carbonyl (C=O) groups is 1. The minimum Gasteiger partial charge on any atom is -0.494 e. The van der Waals surface area contributed by atoms with Gasteiger partial charge < -0.3 is 14.8 Å². The average molecular weight is 255 g/mol. The third-order valence-electron chi connectivity index (χ3n) is 2.62. The molecule has 0 saturated heterocycles. The van der Waals surface area contributed by atoms with Gasteiger partial charge in [0.25, 0.3) is 0 Å². The molecule has 1 aromatic carbocycles. The quantitative estimate of drug-likeness (QED) is 0.821. The first-order valence-electron chi connectivity index (χ1n) is 5.56. The number of nitrogens with one attached hydrogen (secondary N) is 1. The van der Waals surface area contributed by atoms with Crippen LogP contribution in [0.2, 0.25) is 0 Å². The van der Waals surface area contributed by atoms with E-state index < -0.39 is 5.41 Å². The largest absolute Gasteiger partial charge is 0.494 e. The molecule has 0 bridgehead atoms. The lowest BCUT2D eigenvalue weighted by atomic mass is 9.93. The van der Waals surface area contributed by atoms with E-state index in [9.17, 15) is 9.18 Å². The summed E-state index contributed by atoms with van der Waals surface area (Å²) in [6, 6.07) is 4.19. The van der Waals surface area contributed by atoms with E-state index in [1.165, 1.54) is 26.4 Å². The van der Waals surface area contributed by atoms with Crippen LogP contribution in [0.3, 0.4) is 0 Å². The number of hydrogen-bond donors (Lipinski definition) is 1. The molecule has 0 aliphatic rings. The number of esters is 1. The van der Waals surface area contributed by atoms with Crippen LogP contribution in [0.25, 0.3) is 0 Å². The van der Waals surface area contributed by atoms with E-state index in [4.69, 9.17) is 9.47 Å². The van der Waals surface area contributed by atoms with Crippen LogP contribution in [0.15, 0.2) is 18.2 Å². The number of anilines is 1. The highest BCUT2D eigenvalue weighted by molar-refractivity contribution is 5.76. The molecule has 0 spiro atoms. The lowest BCUT2D eigenvalue weighted by molar-refractivity contribution is -0.149. The van der Waals surface area contributed by atoms with Crippen molar-refractivity contribution in [1.29, 1.82) is 0 Å². The van der Waals surface area contributed by atoms with Gasteiger partial charge in [-0.2, -0.15) is 0 Å². The first-order valence-corrected chi connectivity index (χ1v) is 5.56. The molecule has 0 atom stereocenters. The van der Waals surface area contributed by atoms with Crippen molar-refractivity contribution in [2.45, 2.75) is 13.8 Å². The van der Waals surface area contributed by atoms with Crippen molar-refractivity contribution in [2.75, 3.05) is 26.1 Å². The van der Waals surface area contributed by atoms with Crippen molar-refractivity contribution >= 4 is 11.7 Å². The Bertz CT molecular complexity index is 432. The molecule has 0 aliphatic carbocycles. The van der Waals surface area contributed by atoms with Crippen molar-refractivity contribution in [2.24, 2.45) is 5.41 Å². The summed E-state index contributed by atoms with van der Waals surface area (Å²) in [6.45, 7) is 3.89. The second-order valence-corrected chi connectivity index (χ2v) is 4.57. The van der Waals surface area contributed by atoms with Gasteiger partial charge in [0, 0.05) is 12.6 Å². The predicted octanol–water partition coefficient (Wildman–Crippen LogP) is 2.45. The Morgan fingerprint density at radius 1 is 1.39 bits per heavy atom. The molecule has 0 fully saturated rings. The van der Waals surface area contributed by atoms with E-state index in [1.807, 2.05) is 0 Å². The van der Waals surface area contributed by atoms with E-state index in [-0.39, 0.29) is 11.8 Å². The highest BCUT2D eigenvalue weighted by Crippen LogP contribution is 2.27. The molecule has 0 unspecified atom stereocenters. The molecule has 1 N–H and O–H groups in total. The molecule has 0 saturated carbocycles. The van der Waals surface area contributed by atoms with Crippen molar-refractivity contribution in [3.63, 3.8) is 0 Å². The number of halogens is 1. The zero-order chi connectivity index (χ0) is 13.8. The Labute approximate surface area is 106 Å². The van der Waals surface area contributed by atoms with E-state index in [0.717, 1.165) is 0 Å². The van der Waals surface area contributed by atoms with Gasteiger partial charge in [-0.05, 0) is 26.0 Å². The van der Waals surface area contributed by atoms with Crippen molar-refractivity contribution in [3.05, 3.63) is 24.0 Å². The zero-order valence-corrected chi connectivity index (χ0v) is 11.0. The molecule has 1 rings (SSSR count). The highest BCUT2D eigenvalue weighted by atomic mass is 19.1. The fraction of sp³-hybridized carbons (Fsp3) is 0.462. The topological polar surface area (TPSA) is 47.6 Å². The van der Waals surface area contributed by atoms with Gasteiger partial charge in [-0.3, -0.25) is 4.79 Å². The third kappa shape index (κ3) is 3.35. The maximum atomic E-state index is 13.0. The van der Waals surface area contributed by atoms with Crippen LogP contribution in [0.5, 0.6) is 5.75 Å². The second kappa shape index (κ2) is 5.71. The van der Waals surface area contributed by atoms with Crippen LogP contribution in [0.1, 0.15) is 13.8 Å². The molecule has 4 nitrogen and oxygen atoms in total. The number of benzene rings is 1. The number of rotatable bonds is 5. The van der Waals surface area contributed by atoms with E-state index >= 15 is 0 Å². The highest BCUT2D eigenvalue weighted by Gasteiger charge is 2.28. The van der Waals surface area contributed by atoms with Crippen molar-refractivity contribution in [1.82, 2.24) is 0 Å². The predicted molar refractivity (Wildman–Crippen MR) is 67.2 cm³/mol. The molecule has 5 heteroatoms. The minimum atomic E-state index is -0.672. The fourth-order valence-corrected chi connectivity index (χ4v) is 1.48. The first kappa shape index (κ1) is 14.3. The van der Waals surface area contributed by atoms with Crippen molar-refractivity contribution in [3.8, 4) is 5.75 Å². The number of hydrogen-bond acceptors (Lipinski definition) is 4. The summed E-state index contributed by atoms with van der Waals surface area (Å²) in [5.41, 5.74) is -0.0374. The summed E-state index contributed by atoms with van der Waals surface area (Å²) in [5.74, 6) is -0.281. The van der Waals surface area contributed by atoms with Gasteiger partial charge in [-0.25, -0.2) is 4.39 Å². The molecule has 0 aliphatic heterocycles. The Kier molecular flexibility index (Phi) is 4.53. The first-order chi connectivity index (χ1) is 8.40. The summed E-state index contributed by atoms with van der Waals surface area (Å²) >= 11 is 0. The van der Waals surface area contributed by atoms with Crippen LogP contribution >= 0.6 is 0 Å². The molecule has 1 aromatic rings. The molecular formula is C13H18FNO3. The third-order valence-corrected chi connectivity index (χ3v) is 2.62. The molecular weight excluding hydrogens is 237 g/mol. The normalized spacial score (nSPS) is 10.9. The summed E-state index contributed by atoms with van der Waals surface area (Å²) in [7, 11) is 2.81. The van der Waals surface area contributed by atoms with E-state index in [1.54, 1.807) is 19.9 Å². The fourth-order valence-electron chi connectivity index (χ4n) is 1.48. The molecule has 0 amide bonds. The van der Waals surface area contributed by atoms with Crippen LogP contribution in [-0.4, -0.2) is 26.7 Å². The zero-order valence-electron chi connectivity index (χ0n) is 11.0. The van der Waals surface area contributed by atoms with Crippen molar-refractivity contribution < 1.29 is 18.7 Å². The number of ether oxygens (including phenoxy) is 2. The lowest BCUT2D eigenvalue weighted by Crippen LogP contribution is -2.33. The van der Waals surface area contributed by atoms with Gasteiger partial charge in [-0.1, -0.05) is 0 Å². The smallest absolute Gasteiger partial charge is 0.313 e. The maximum Gasteiger partial charge on any atom is 0.313 e. The number of carbonyl (C=O) groups excluding carboxylic acids is 1. The Balaban J connectivity index is 2.77. The van der Waals surface area contributed by atoms with Gasteiger partial charge in [-0.15, -0.1) is 0 Å². The van der Waals surface area contributed by atoms with E-state index in [2.05, 4.69) is 5.32 Å². The van der Waals surface area contributed by atoms with E-state index in [0.29, 0.717) is 18.0 Å². The van der Waals surface area contributed by atoms with Gasteiger partial charge in [0.1, 0.15) is 11.6 Å². The Hall–Kier alpha value is -1.78. The Morgan fingerprint density at radius 3 is 2.61 bits per heavy atom. The van der Waals surface area contributed by atoms with Gasteiger partial charge in [0.15, 0.2) is 0 Å². The summed E-state index contributed by atoms with van der Waals surface area (Å²) in [4.78, 5) is 11.5. The molecule has 0 radical (unpaired) electrons. The summed E-state index contributed by atoms with van der Waals surface area (Å²) in [5, 5.41) is 3.05. The van der Waals surface area contributed by atoms with Crippen LogP contribution < -0.4 is 10.1 Å². The second-order valence-electron chi connectivity index (χ2n) is 4.57. The summed E-state index contributed by atoms with van der Waals surface area (Å²) < 4.78 is 22.8. The molecule has 100 valence electrons. The average Bonchev–Trinajstić information content (AvgIpc) is 2.36. The van der Waals surface area contributed by atoms with Gasteiger partial charge in [0.2, 0.25) is 0 Å². The molecule has 0 aromatic heterocycles. The van der Waals surface area contributed by atoms with Gasteiger partial charge >= 0.3 is 5.97 Å². The maximum absolute atomic E-state index is 13.0. The minimum absolute atomic E-state index is 0.309. The van der Waals surface area contributed by atoms with Crippen LogP contribution in [0.4, 0.5) is 10.1 Å². The van der Waals surface area contributed by atoms with Crippen LogP contribution in [-0.2, 0) is 9.53 Å². The van der Waals surface area contributed by atoms with Crippen LogP contribution in [0, 0.1) is 11.2 Å². The summed E-state index contributed by atoms with van der Waals surface area (Å²) in [6.07, 6.45) is 0. The Morgan fingerprint density at radius 2 is 2.06 bits per heavy atom. The SMILES string of the molecule is COC(=O)C(C)(C)CNc1ccc(F)cc1OC. The monoisotopic (exact) mass is 255 g/mol. The molecule has 0 heterocycles. The molecule has 18 heavy (non-hydrogen) atoms. The lowest BCUT2D eigenvalue weighted by Gasteiger charge is -2.23. The standard InChI is InChI=1S/C13H18FNO3/c1-13(2,12(16)18-4)8-15-10-6-5-9(14)7-11(10)17-3/h5-7,15H,8H2,1-4H3. The number of methoxy groups -OCH3 is 2.